The zero-order chi connectivity index (χ0) is 17.9. The number of non-ortho nitro benzene ring substituents is 1. The largest absolute Gasteiger partial charge is 0.467 e. The van der Waals surface area contributed by atoms with Crippen LogP contribution in [0, 0.1) is 10.1 Å². The van der Waals surface area contributed by atoms with Crippen molar-refractivity contribution >= 4 is 27.6 Å². The minimum absolute atomic E-state index is 0.128. The quantitative estimate of drug-likeness (QED) is 0.457. The molecule has 0 saturated heterocycles. The van der Waals surface area contributed by atoms with E-state index in [-0.39, 0.29) is 16.8 Å². The molecule has 0 aliphatic rings. The van der Waals surface area contributed by atoms with Crippen LogP contribution < -0.4 is 0 Å². The molecule has 2 rings (SSSR count). The number of methoxy groups -OCH3 is 1. The second-order valence-electron chi connectivity index (χ2n) is 5.02. The zero-order valence-electron chi connectivity index (χ0n) is 12.5. The highest BCUT2D eigenvalue weighted by molar-refractivity contribution is 9.10. The third kappa shape index (κ3) is 3.30. The molecule has 0 spiro atoms. The molecule has 2 atom stereocenters. The summed E-state index contributed by atoms with van der Waals surface area (Å²) >= 11 is 3.25. The van der Waals surface area contributed by atoms with Crippen molar-refractivity contribution in [3.05, 3.63) is 74.2 Å². The molecule has 7 nitrogen and oxygen atoms in total. The molecule has 2 unspecified atom stereocenters. The minimum Gasteiger partial charge on any atom is -0.467 e. The summed E-state index contributed by atoms with van der Waals surface area (Å²) in [5.41, 5.74) is -2.26. The molecular formula is C16H14BrNO6. The number of rotatable bonds is 5. The first kappa shape index (κ1) is 18.1. The topological polar surface area (TPSA) is 110 Å². The van der Waals surface area contributed by atoms with E-state index in [1.165, 1.54) is 36.4 Å². The van der Waals surface area contributed by atoms with Crippen molar-refractivity contribution in [1.29, 1.82) is 0 Å². The Morgan fingerprint density at radius 2 is 1.75 bits per heavy atom. The first-order chi connectivity index (χ1) is 11.3. The van der Waals surface area contributed by atoms with Gasteiger partial charge >= 0.3 is 5.97 Å². The highest BCUT2D eigenvalue weighted by Gasteiger charge is 2.47. The van der Waals surface area contributed by atoms with E-state index in [0.717, 1.165) is 11.6 Å². The number of aliphatic hydroxyl groups excluding tert-OH is 1. The third-order valence-electron chi connectivity index (χ3n) is 3.60. The number of esters is 1. The molecule has 2 N–H and O–H groups in total. The van der Waals surface area contributed by atoms with E-state index in [9.17, 15) is 25.1 Å². The first-order valence-electron chi connectivity index (χ1n) is 6.80. The molecule has 0 aromatic heterocycles. The van der Waals surface area contributed by atoms with Gasteiger partial charge in [-0.1, -0.05) is 28.1 Å². The van der Waals surface area contributed by atoms with E-state index in [0.29, 0.717) is 0 Å². The summed E-state index contributed by atoms with van der Waals surface area (Å²) in [6.07, 6.45) is -1.67. The molecule has 0 bridgehead atoms. The van der Waals surface area contributed by atoms with Gasteiger partial charge in [-0.15, -0.1) is 0 Å². The summed E-state index contributed by atoms with van der Waals surface area (Å²) in [6.45, 7) is 0. The van der Waals surface area contributed by atoms with Crippen molar-refractivity contribution in [3.8, 4) is 0 Å². The molecule has 0 saturated carbocycles. The zero-order valence-corrected chi connectivity index (χ0v) is 14.1. The van der Waals surface area contributed by atoms with Gasteiger partial charge in [0.1, 0.15) is 6.10 Å². The van der Waals surface area contributed by atoms with E-state index in [1.54, 1.807) is 12.1 Å². The first-order valence-corrected chi connectivity index (χ1v) is 7.59. The van der Waals surface area contributed by atoms with Crippen LogP contribution >= 0.6 is 15.9 Å². The second kappa shape index (κ2) is 7.08. The van der Waals surface area contributed by atoms with Gasteiger partial charge in [0.15, 0.2) is 0 Å². The van der Waals surface area contributed by atoms with Crippen LogP contribution in [0.15, 0.2) is 53.0 Å². The summed E-state index contributed by atoms with van der Waals surface area (Å²) in [6, 6.07) is 11.0. The van der Waals surface area contributed by atoms with E-state index >= 15 is 0 Å². The van der Waals surface area contributed by atoms with E-state index in [4.69, 9.17) is 0 Å². The molecule has 0 amide bonds. The van der Waals surface area contributed by atoms with Crippen LogP contribution in [0.3, 0.4) is 0 Å². The Bertz CT molecular complexity index is 746. The summed E-state index contributed by atoms with van der Waals surface area (Å²) in [4.78, 5) is 22.3. The van der Waals surface area contributed by atoms with Crippen molar-refractivity contribution in [2.75, 3.05) is 7.11 Å². The normalized spacial score (nSPS) is 14.5. The van der Waals surface area contributed by atoms with Crippen molar-refractivity contribution in [2.24, 2.45) is 0 Å². The summed E-state index contributed by atoms with van der Waals surface area (Å²) in [5, 5.41) is 32.1. The molecule has 8 heteroatoms. The Balaban J connectivity index is 2.48. The maximum atomic E-state index is 12.2. The molecule has 0 fully saturated rings. The Morgan fingerprint density at radius 3 is 2.21 bits per heavy atom. The smallest absolute Gasteiger partial charge is 0.345 e. The fraction of sp³-hybridized carbons (Fsp3) is 0.188. The number of nitro groups is 1. The average Bonchev–Trinajstić information content (AvgIpc) is 2.60. The van der Waals surface area contributed by atoms with E-state index in [2.05, 4.69) is 20.7 Å². The maximum absolute atomic E-state index is 12.2. The molecule has 2 aromatic rings. The lowest BCUT2D eigenvalue weighted by atomic mass is 9.84. The number of benzene rings is 2. The molecule has 0 radical (unpaired) electrons. The number of hydrogen-bond donors (Lipinski definition) is 2. The van der Waals surface area contributed by atoms with E-state index in [1.807, 2.05) is 0 Å². The Kier molecular flexibility index (Phi) is 5.33. The van der Waals surface area contributed by atoms with Crippen molar-refractivity contribution in [3.63, 3.8) is 0 Å². The van der Waals surface area contributed by atoms with Gasteiger partial charge in [-0.2, -0.15) is 0 Å². The standard InChI is InChI=1S/C16H14BrNO6/c1-24-15(20)16(21,11-4-6-12(17)7-5-11)14(19)10-2-8-13(9-3-10)18(22)23/h2-9,14,19,21H,1H3. The predicted octanol–water partition coefficient (Wildman–Crippen LogP) is 2.45. The molecule has 24 heavy (non-hydrogen) atoms. The summed E-state index contributed by atoms with van der Waals surface area (Å²) in [5.74, 6) is -1.05. The van der Waals surface area contributed by atoms with Crippen LogP contribution in [-0.2, 0) is 15.1 Å². The van der Waals surface area contributed by atoms with Gasteiger partial charge in [-0.05, 0) is 35.4 Å². The number of nitrogens with zero attached hydrogens (tertiary/aromatic N) is 1. The number of halogens is 1. The number of nitro benzene ring substituents is 1. The second-order valence-corrected chi connectivity index (χ2v) is 5.93. The predicted molar refractivity (Wildman–Crippen MR) is 88.1 cm³/mol. The number of carbonyl (C=O) groups is 1. The fourth-order valence-corrected chi connectivity index (χ4v) is 2.53. The Morgan fingerprint density at radius 1 is 1.21 bits per heavy atom. The van der Waals surface area contributed by atoms with E-state index < -0.39 is 22.6 Å². The SMILES string of the molecule is COC(=O)C(O)(c1ccc(Br)cc1)C(O)c1ccc([N+](=O)[O-])cc1. The van der Waals surface area contributed by atoms with Crippen LogP contribution in [-0.4, -0.2) is 28.2 Å². The van der Waals surface area contributed by atoms with Crippen LogP contribution in [0.5, 0.6) is 0 Å². The maximum Gasteiger partial charge on any atom is 0.345 e. The lowest BCUT2D eigenvalue weighted by molar-refractivity contribution is -0.384. The van der Waals surface area contributed by atoms with Gasteiger partial charge in [0.05, 0.1) is 12.0 Å². The summed E-state index contributed by atoms with van der Waals surface area (Å²) in [7, 11) is 1.09. The van der Waals surface area contributed by atoms with Gasteiger partial charge in [-0.25, -0.2) is 4.79 Å². The molecule has 0 aliphatic heterocycles. The minimum atomic E-state index is -2.36. The number of ether oxygens (including phenoxy) is 1. The molecule has 0 heterocycles. The number of aliphatic hydroxyl groups is 2. The van der Waals surface area contributed by atoms with Crippen molar-refractivity contribution < 1.29 is 24.7 Å². The van der Waals surface area contributed by atoms with Crippen LogP contribution in [0.4, 0.5) is 5.69 Å². The van der Waals surface area contributed by atoms with Gasteiger partial charge in [0.25, 0.3) is 5.69 Å². The third-order valence-corrected chi connectivity index (χ3v) is 4.12. The fourth-order valence-electron chi connectivity index (χ4n) is 2.27. The lowest BCUT2D eigenvalue weighted by Crippen LogP contribution is -2.42. The molecule has 0 aliphatic carbocycles. The highest BCUT2D eigenvalue weighted by Crippen LogP contribution is 2.37. The monoisotopic (exact) mass is 395 g/mol. The number of carbonyl (C=O) groups excluding carboxylic acids is 1. The Labute approximate surface area is 145 Å². The van der Waals surface area contributed by atoms with Gasteiger partial charge in [0.2, 0.25) is 5.60 Å². The molecular weight excluding hydrogens is 382 g/mol. The Hall–Kier alpha value is -2.29. The van der Waals surface area contributed by atoms with Gasteiger partial charge < -0.3 is 14.9 Å². The van der Waals surface area contributed by atoms with Crippen LogP contribution in [0.1, 0.15) is 17.2 Å². The van der Waals surface area contributed by atoms with Crippen LogP contribution in [0.25, 0.3) is 0 Å². The van der Waals surface area contributed by atoms with Crippen molar-refractivity contribution in [2.45, 2.75) is 11.7 Å². The lowest BCUT2D eigenvalue weighted by Gasteiger charge is -2.31. The average molecular weight is 396 g/mol. The molecule has 2 aromatic carbocycles. The van der Waals surface area contributed by atoms with Gasteiger partial charge in [0, 0.05) is 16.6 Å². The summed E-state index contributed by atoms with van der Waals surface area (Å²) < 4.78 is 5.36. The van der Waals surface area contributed by atoms with Crippen LogP contribution in [0.2, 0.25) is 0 Å². The molecule has 126 valence electrons. The van der Waals surface area contributed by atoms with Crippen molar-refractivity contribution in [1.82, 2.24) is 0 Å². The number of hydrogen-bond acceptors (Lipinski definition) is 6. The van der Waals surface area contributed by atoms with Gasteiger partial charge in [-0.3, -0.25) is 10.1 Å². The highest BCUT2D eigenvalue weighted by atomic mass is 79.9.